The van der Waals surface area contributed by atoms with E-state index >= 15 is 0 Å². The number of pyridine rings is 1. The molecule has 3 rings (SSSR count). The van der Waals surface area contributed by atoms with Gasteiger partial charge in [-0.3, -0.25) is 18.8 Å². The smallest absolute Gasteiger partial charge is 0.303 e. The van der Waals surface area contributed by atoms with Crippen LogP contribution in [0.2, 0.25) is 0 Å². The molecule has 0 aliphatic heterocycles. The molecule has 0 aliphatic carbocycles. The maximum Gasteiger partial charge on any atom is 0.303 e. The molecule has 2 aromatic heterocycles. The molecular formula is C22H24N4O4. The van der Waals surface area contributed by atoms with Crippen LogP contribution in [0, 0.1) is 13.8 Å². The fraction of sp³-hybridized carbons (Fsp3) is 0.273. The van der Waals surface area contributed by atoms with Gasteiger partial charge in [0, 0.05) is 25.4 Å². The van der Waals surface area contributed by atoms with Crippen LogP contribution in [0.25, 0.3) is 5.65 Å². The number of hydrogen-bond acceptors (Lipinski definition) is 6. The third-order valence-corrected chi connectivity index (χ3v) is 4.82. The van der Waals surface area contributed by atoms with Gasteiger partial charge < -0.3 is 15.4 Å². The van der Waals surface area contributed by atoms with E-state index in [4.69, 9.17) is 4.74 Å². The number of imidazole rings is 1. The molecule has 0 bridgehead atoms. The highest BCUT2D eigenvalue weighted by molar-refractivity contribution is 5.95. The molecule has 156 valence electrons. The van der Waals surface area contributed by atoms with Gasteiger partial charge in [-0.2, -0.15) is 0 Å². The largest absolute Gasteiger partial charge is 0.453 e. The summed E-state index contributed by atoms with van der Waals surface area (Å²) in [6.07, 6.45) is 1.69. The molecule has 1 atom stereocenters. The Labute approximate surface area is 174 Å². The number of fused-ring (bicyclic) bond motifs is 1. The molecule has 30 heavy (non-hydrogen) atoms. The van der Waals surface area contributed by atoms with Crippen LogP contribution < -0.4 is 10.6 Å². The predicted octanol–water partition coefficient (Wildman–Crippen LogP) is 3.27. The van der Waals surface area contributed by atoms with Gasteiger partial charge in [-0.05, 0) is 50.1 Å². The highest BCUT2D eigenvalue weighted by atomic mass is 16.5. The van der Waals surface area contributed by atoms with Gasteiger partial charge in [-0.15, -0.1) is 0 Å². The average molecular weight is 408 g/mol. The van der Waals surface area contributed by atoms with Gasteiger partial charge in [-0.1, -0.05) is 12.1 Å². The second kappa shape index (κ2) is 8.77. The topological polar surface area (TPSA) is 102 Å². The van der Waals surface area contributed by atoms with E-state index in [1.54, 1.807) is 23.6 Å². The van der Waals surface area contributed by atoms with Gasteiger partial charge >= 0.3 is 5.97 Å². The molecule has 0 saturated carbocycles. The number of benzene rings is 1. The molecule has 8 nitrogen and oxygen atoms in total. The number of rotatable bonds is 7. The predicted molar refractivity (Wildman–Crippen MR) is 114 cm³/mol. The third kappa shape index (κ3) is 4.32. The molecule has 8 heteroatoms. The first kappa shape index (κ1) is 21.0. The van der Waals surface area contributed by atoms with Gasteiger partial charge in [0.25, 0.3) is 5.91 Å². The highest BCUT2D eigenvalue weighted by Crippen LogP contribution is 2.24. The van der Waals surface area contributed by atoms with Gasteiger partial charge in [0.15, 0.2) is 18.0 Å². The fourth-order valence-electron chi connectivity index (χ4n) is 3.25. The molecule has 1 amide bonds. The van der Waals surface area contributed by atoms with Crippen molar-refractivity contribution in [2.45, 2.75) is 40.3 Å². The number of carbonyl (C=O) groups is 3. The minimum absolute atomic E-state index is 0.404. The number of nitrogens with zero attached hydrogens (tertiary/aromatic N) is 2. The van der Waals surface area contributed by atoms with Crippen LogP contribution in [0.3, 0.4) is 0 Å². The Morgan fingerprint density at radius 1 is 1.20 bits per heavy atom. The Balaban J connectivity index is 1.84. The molecule has 0 saturated heterocycles. The van der Waals surface area contributed by atoms with E-state index in [1.165, 1.54) is 13.8 Å². The number of anilines is 2. The van der Waals surface area contributed by atoms with E-state index in [0.29, 0.717) is 29.3 Å². The lowest BCUT2D eigenvalue weighted by Gasteiger charge is -2.17. The number of aromatic nitrogens is 2. The Kier molecular flexibility index (Phi) is 6.15. The molecule has 1 aromatic carbocycles. The standard InChI is InChI=1S/C22H24N4O4/c1-13-7-5-8-18(25-22(29)15(3)30-16(4)28)17(13)11-23-19-9-6-10-26-20(12-27)14(2)24-21(19)26/h5-10,12,15,23H,11H2,1-4H3,(H,25,29)/t15-/m1/s1. The highest BCUT2D eigenvalue weighted by Gasteiger charge is 2.18. The Bertz CT molecular complexity index is 1120. The second-order valence-electron chi connectivity index (χ2n) is 7.01. The number of amides is 1. The molecule has 0 radical (unpaired) electrons. The zero-order valence-corrected chi connectivity index (χ0v) is 17.4. The van der Waals surface area contributed by atoms with Crippen molar-refractivity contribution in [2.75, 3.05) is 10.6 Å². The van der Waals surface area contributed by atoms with E-state index in [2.05, 4.69) is 15.6 Å². The molecule has 0 fully saturated rings. The number of aryl methyl sites for hydroxylation is 2. The van der Waals surface area contributed by atoms with E-state index < -0.39 is 18.0 Å². The number of aldehydes is 1. The monoisotopic (exact) mass is 408 g/mol. The van der Waals surface area contributed by atoms with E-state index in [0.717, 1.165) is 23.1 Å². The molecule has 0 unspecified atom stereocenters. The summed E-state index contributed by atoms with van der Waals surface area (Å²) in [6, 6.07) is 9.32. The van der Waals surface area contributed by atoms with Crippen molar-refractivity contribution in [3.8, 4) is 0 Å². The maximum absolute atomic E-state index is 12.4. The van der Waals surface area contributed by atoms with Crippen molar-refractivity contribution in [3.63, 3.8) is 0 Å². The summed E-state index contributed by atoms with van der Waals surface area (Å²) in [7, 11) is 0. The molecule has 0 spiro atoms. The second-order valence-corrected chi connectivity index (χ2v) is 7.01. The van der Waals surface area contributed by atoms with Crippen molar-refractivity contribution in [3.05, 3.63) is 59.0 Å². The molecule has 0 aliphatic rings. The lowest BCUT2D eigenvalue weighted by molar-refractivity contribution is -0.150. The van der Waals surface area contributed by atoms with Crippen molar-refractivity contribution < 1.29 is 19.1 Å². The SMILES string of the molecule is CC(=O)O[C@H](C)C(=O)Nc1cccc(C)c1CNc1cccn2c(C=O)c(C)nc12. The summed E-state index contributed by atoms with van der Waals surface area (Å²) in [5, 5.41) is 6.18. The molecular weight excluding hydrogens is 384 g/mol. The summed E-state index contributed by atoms with van der Waals surface area (Å²) in [5.41, 5.74) is 5.09. The summed E-state index contributed by atoms with van der Waals surface area (Å²) in [4.78, 5) is 39.3. The average Bonchev–Trinajstić information content (AvgIpc) is 3.02. The minimum atomic E-state index is -0.896. The first-order chi connectivity index (χ1) is 14.3. The zero-order valence-electron chi connectivity index (χ0n) is 17.4. The van der Waals surface area contributed by atoms with Gasteiger partial charge in [-0.25, -0.2) is 4.98 Å². The lowest BCUT2D eigenvalue weighted by Crippen LogP contribution is -2.29. The van der Waals surface area contributed by atoms with Gasteiger partial charge in [0.1, 0.15) is 5.69 Å². The molecule has 2 heterocycles. The maximum atomic E-state index is 12.4. The number of ether oxygens (including phenoxy) is 1. The number of esters is 1. The normalized spacial score (nSPS) is 11.7. The van der Waals surface area contributed by atoms with Crippen LogP contribution in [0.5, 0.6) is 0 Å². The van der Waals surface area contributed by atoms with Crippen molar-refractivity contribution >= 4 is 35.2 Å². The van der Waals surface area contributed by atoms with Gasteiger partial charge in [0.2, 0.25) is 0 Å². The molecule has 3 aromatic rings. The summed E-state index contributed by atoms with van der Waals surface area (Å²) in [5.74, 6) is -0.916. The zero-order chi connectivity index (χ0) is 21.8. The summed E-state index contributed by atoms with van der Waals surface area (Å²) < 4.78 is 6.69. The minimum Gasteiger partial charge on any atom is -0.453 e. The summed E-state index contributed by atoms with van der Waals surface area (Å²) in [6.45, 7) is 6.95. The van der Waals surface area contributed by atoms with Crippen LogP contribution in [-0.4, -0.2) is 33.7 Å². The lowest BCUT2D eigenvalue weighted by atomic mass is 10.1. The quantitative estimate of drug-likeness (QED) is 0.460. The summed E-state index contributed by atoms with van der Waals surface area (Å²) >= 11 is 0. The van der Waals surface area contributed by atoms with Crippen LogP contribution in [0.4, 0.5) is 11.4 Å². The van der Waals surface area contributed by atoms with Crippen molar-refractivity contribution in [1.82, 2.24) is 9.38 Å². The first-order valence-corrected chi connectivity index (χ1v) is 9.55. The Morgan fingerprint density at radius 3 is 2.63 bits per heavy atom. The van der Waals surface area contributed by atoms with E-state index in [9.17, 15) is 14.4 Å². The molecule has 2 N–H and O–H groups in total. The Hall–Kier alpha value is -3.68. The van der Waals surface area contributed by atoms with Crippen LogP contribution in [0.15, 0.2) is 36.5 Å². The van der Waals surface area contributed by atoms with Gasteiger partial charge in [0.05, 0.1) is 11.4 Å². The van der Waals surface area contributed by atoms with Crippen LogP contribution >= 0.6 is 0 Å². The van der Waals surface area contributed by atoms with E-state index in [1.807, 2.05) is 31.2 Å². The van der Waals surface area contributed by atoms with Crippen molar-refractivity contribution in [2.24, 2.45) is 0 Å². The fourth-order valence-corrected chi connectivity index (χ4v) is 3.25. The van der Waals surface area contributed by atoms with E-state index in [-0.39, 0.29) is 0 Å². The number of carbonyl (C=O) groups excluding carboxylic acids is 3. The Morgan fingerprint density at radius 2 is 1.93 bits per heavy atom. The number of nitrogens with one attached hydrogen (secondary N) is 2. The van der Waals surface area contributed by atoms with Crippen LogP contribution in [-0.2, 0) is 20.9 Å². The third-order valence-electron chi connectivity index (χ3n) is 4.82. The number of hydrogen-bond donors (Lipinski definition) is 2. The first-order valence-electron chi connectivity index (χ1n) is 9.55. The van der Waals surface area contributed by atoms with Crippen LogP contribution in [0.1, 0.15) is 41.2 Å². The van der Waals surface area contributed by atoms with Crippen molar-refractivity contribution in [1.29, 1.82) is 0 Å².